The second kappa shape index (κ2) is 9.55. The Hall–Kier alpha value is -4.25. The van der Waals surface area contributed by atoms with E-state index in [9.17, 15) is 14.7 Å². The Balaban J connectivity index is 1.20. The van der Waals surface area contributed by atoms with Crippen LogP contribution in [0, 0.1) is 0 Å². The summed E-state index contributed by atoms with van der Waals surface area (Å²) in [4.78, 5) is 33.8. The van der Waals surface area contributed by atoms with Crippen LogP contribution in [-0.2, 0) is 11.3 Å². The lowest BCUT2D eigenvalue weighted by Gasteiger charge is -2.36. The second-order valence-electron chi connectivity index (χ2n) is 8.56. The van der Waals surface area contributed by atoms with Crippen LogP contribution in [0.4, 0.5) is 22.1 Å². The molecule has 11 heteroatoms. The number of piperazine rings is 1. The van der Waals surface area contributed by atoms with Crippen molar-refractivity contribution in [3.63, 3.8) is 0 Å². The van der Waals surface area contributed by atoms with Crippen molar-refractivity contribution in [1.29, 1.82) is 0 Å². The topological polar surface area (TPSA) is 141 Å². The highest BCUT2D eigenvalue weighted by atomic mass is 16.3. The van der Waals surface area contributed by atoms with E-state index in [1.54, 1.807) is 24.4 Å². The summed E-state index contributed by atoms with van der Waals surface area (Å²) in [6.45, 7) is 4.25. The minimum atomic E-state index is -0.437. The smallest absolute Gasteiger partial charge is 0.329 e. The van der Waals surface area contributed by atoms with Gasteiger partial charge in [-0.2, -0.15) is 0 Å². The Labute approximate surface area is 202 Å². The van der Waals surface area contributed by atoms with Crippen molar-refractivity contribution in [2.75, 3.05) is 48.3 Å². The quantitative estimate of drug-likeness (QED) is 0.503. The number of rotatable bonds is 5. The number of nitrogens with one attached hydrogen (secondary N) is 1. The number of aromatic nitrogens is 3. The molecule has 0 atom stereocenters. The lowest BCUT2D eigenvalue weighted by Crippen LogP contribution is -2.49. The Morgan fingerprint density at radius 2 is 1.80 bits per heavy atom. The molecule has 11 nitrogen and oxygen atoms in total. The summed E-state index contributed by atoms with van der Waals surface area (Å²) in [5.41, 5.74) is 9.18. The number of carbonyl (C=O) groups excluding carboxylic acids is 2. The highest BCUT2D eigenvalue weighted by Gasteiger charge is 2.25. The van der Waals surface area contributed by atoms with E-state index in [2.05, 4.69) is 30.3 Å². The fourth-order valence-corrected chi connectivity index (χ4v) is 4.32. The van der Waals surface area contributed by atoms with E-state index in [0.717, 1.165) is 44.0 Å². The number of nitrogens with zero attached hydrogens (tertiary/aromatic N) is 6. The normalized spacial score (nSPS) is 16.9. The van der Waals surface area contributed by atoms with Gasteiger partial charge in [0.1, 0.15) is 11.6 Å². The number of phenolic OH excluding ortho intramolecular Hbond substituents is 1. The molecule has 0 aliphatic carbocycles. The summed E-state index contributed by atoms with van der Waals surface area (Å²) < 4.78 is 0. The number of para-hydroxylation sites is 1. The molecule has 0 spiro atoms. The number of nitrogens with two attached hydrogens (primary N) is 1. The molecule has 1 aromatic carbocycles. The third-order valence-electron chi connectivity index (χ3n) is 6.24. The number of phenols is 1. The van der Waals surface area contributed by atoms with E-state index < -0.39 is 6.03 Å². The zero-order valence-electron chi connectivity index (χ0n) is 19.1. The molecular weight excluding hydrogens is 448 g/mol. The van der Waals surface area contributed by atoms with Gasteiger partial charge in [-0.1, -0.05) is 18.2 Å². The molecule has 35 heavy (non-hydrogen) atoms. The number of amides is 3. The van der Waals surface area contributed by atoms with Gasteiger partial charge in [0.05, 0.1) is 11.4 Å². The van der Waals surface area contributed by atoms with Crippen LogP contribution >= 0.6 is 0 Å². The number of hydrogen-bond acceptors (Lipinski definition) is 9. The summed E-state index contributed by atoms with van der Waals surface area (Å²) in [5.74, 6) is 0.780. The number of urea groups is 1. The van der Waals surface area contributed by atoms with Crippen LogP contribution in [0.15, 0.2) is 48.7 Å². The standard InChI is InChI=1S/C24H26N8O3/c25-23-19(13-18(28-29-23)17-3-1-2-4-20(17)33)31-11-9-30(10-12-31)15-16-5-6-21(26-14-16)32-8-7-22(34)27-24(32)35/h1-6,13-14,33H,7-12,15H2,(H2,25,29)(H,27,34,35). The lowest BCUT2D eigenvalue weighted by molar-refractivity contribution is -0.120. The van der Waals surface area contributed by atoms with E-state index in [0.29, 0.717) is 29.4 Å². The zero-order chi connectivity index (χ0) is 24.4. The van der Waals surface area contributed by atoms with Crippen LogP contribution in [0.25, 0.3) is 11.3 Å². The molecule has 2 aliphatic rings. The summed E-state index contributed by atoms with van der Waals surface area (Å²) in [7, 11) is 0. The third kappa shape index (κ3) is 4.85. The monoisotopic (exact) mass is 474 g/mol. The van der Waals surface area contributed by atoms with Crippen molar-refractivity contribution in [2.45, 2.75) is 13.0 Å². The van der Waals surface area contributed by atoms with Crippen molar-refractivity contribution in [2.24, 2.45) is 0 Å². The highest BCUT2D eigenvalue weighted by Crippen LogP contribution is 2.31. The molecule has 0 bridgehead atoms. The zero-order valence-corrected chi connectivity index (χ0v) is 19.1. The van der Waals surface area contributed by atoms with Crippen molar-refractivity contribution in [3.05, 3.63) is 54.2 Å². The molecule has 2 aromatic heterocycles. The van der Waals surface area contributed by atoms with Gasteiger partial charge < -0.3 is 15.7 Å². The maximum Gasteiger partial charge on any atom is 0.329 e. The van der Waals surface area contributed by atoms with Crippen molar-refractivity contribution < 1.29 is 14.7 Å². The first-order chi connectivity index (χ1) is 17.0. The molecule has 3 aromatic rings. The van der Waals surface area contributed by atoms with Crippen molar-refractivity contribution in [1.82, 2.24) is 25.4 Å². The highest BCUT2D eigenvalue weighted by molar-refractivity contribution is 6.05. The van der Waals surface area contributed by atoms with E-state index in [1.807, 2.05) is 24.3 Å². The van der Waals surface area contributed by atoms with Crippen LogP contribution in [0.1, 0.15) is 12.0 Å². The van der Waals surface area contributed by atoms with Crippen LogP contribution in [-0.4, -0.2) is 69.8 Å². The average Bonchev–Trinajstić information content (AvgIpc) is 2.86. The predicted octanol–water partition coefficient (Wildman–Crippen LogP) is 1.59. The van der Waals surface area contributed by atoms with E-state index in [1.165, 1.54) is 4.90 Å². The van der Waals surface area contributed by atoms with E-state index >= 15 is 0 Å². The number of hydrogen-bond donors (Lipinski definition) is 3. The molecule has 0 unspecified atom stereocenters. The van der Waals surface area contributed by atoms with E-state index in [4.69, 9.17) is 5.73 Å². The number of pyridine rings is 1. The van der Waals surface area contributed by atoms with Gasteiger partial charge in [0, 0.05) is 57.4 Å². The summed E-state index contributed by atoms with van der Waals surface area (Å²) in [5, 5.41) is 20.8. The first-order valence-corrected chi connectivity index (χ1v) is 11.4. The van der Waals surface area contributed by atoms with Gasteiger partial charge >= 0.3 is 6.03 Å². The van der Waals surface area contributed by atoms with Gasteiger partial charge in [0.25, 0.3) is 0 Å². The Kier molecular flexibility index (Phi) is 6.15. The number of anilines is 3. The Morgan fingerprint density at radius 3 is 2.51 bits per heavy atom. The molecule has 2 saturated heterocycles. The maximum atomic E-state index is 12.0. The molecule has 3 amide bonds. The number of benzene rings is 1. The van der Waals surface area contributed by atoms with Gasteiger partial charge in [0.15, 0.2) is 5.82 Å². The molecule has 0 radical (unpaired) electrons. The van der Waals surface area contributed by atoms with Crippen molar-refractivity contribution in [3.8, 4) is 17.0 Å². The third-order valence-corrected chi connectivity index (χ3v) is 6.24. The fourth-order valence-electron chi connectivity index (χ4n) is 4.32. The first kappa shape index (κ1) is 22.5. The second-order valence-corrected chi connectivity index (χ2v) is 8.56. The number of nitrogen functional groups attached to an aromatic ring is 1. The van der Waals surface area contributed by atoms with Crippen LogP contribution in [0.5, 0.6) is 5.75 Å². The summed E-state index contributed by atoms with van der Waals surface area (Å²) >= 11 is 0. The molecule has 5 rings (SSSR count). The molecule has 2 fully saturated rings. The first-order valence-electron chi connectivity index (χ1n) is 11.4. The van der Waals surface area contributed by atoms with Crippen LogP contribution < -0.4 is 20.9 Å². The molecular formula is C24H26N8O3. The van der Waals surface area contributed by atoms with Gasteiger partial charge in [-0.05, 0) is 29.8 Å². The van der Waals surface area contributed by atoms with Crippen molar-refractivity contribution >= 4 is 29.3 Å². The number of imide groups is 1. The van der Waals surface area contributed by atoms with Gasteiger partial charge in [-0.15, -0.1) is 10.2 Å². The summed E-state index contributed by atoms with van der Waals surface area (Å²) in [6.07, 6.45) is 2.04. The Bertz CT molecular complexity index is 1240. The minimum Gasteiger partial charge on any atom is -0.507 e. The van der Waals surface area contributed by atoms with Crippen LogP contribution in [0.3, 0.4) is 0 Å². The fraction of sp³-hybridized carbons (Fsp3) is 0.292. The molecule has 4 N–H and O–H groups in total. The number of carbonyl (C=O) groups is 2. The number of aromatic hydroxyl groups is 1. The SMILES string of the molecule is Nc1nnc(-c2ccccc2O)cc1N1CCN(Cc2ccc(N3CCC(=O)NC3=O)nc2)CC1. The summed E-state index contributed by atoms with van der Waals surface area (Å²) in [6, 6.07) is 12.2. The average molecular weight is 475 g/mol. The van der Waals surface area contributed by atoms with E-state index in [-0.39, 0.29) is 18.1 Å². The maximum absolute atomic E-state index is 12.0. The van der Waals surface area contributed by atoms with Crippen LogP contribution in [0.2, 0.25) is 0 Å². The minimum absolute atomic E-state index is 0.149. The molecule has 4 heterocycles. The molecule has 0 saturated carbocycles. The van der Waals surface area contributed by atoms with Gasteiger partial charge in [-0.3, -0.25) is 19.9 Å². The molecule has 2 aliphatic heterocycles. The molecule has 180 valence electrons. The van der Waals surface area contributed by atoms with Gasteiger partial charge in [0.2, 0.25) is 5.91 Å². The predicted molar refractivity (Wildman–Crippen MR) is 131 cm³/mol. The van der Waals surface area contributed by atoms with Gasteiger partial charge in [-0.25, -0.2) is 9.78 Å². The lowest BCUT2D eigenvalue weighted by atomic mass is 10.1. The Morgan fingerprint density at radius 1 is 1.00 bits per heavy atom. The largest absolute Gasteiger partial charge is 0.507 e.